The van der Waals surface area contributed by atoms with E-state index in [4.69, 9.17) is 33.8 Å². The Balaban J connectivity index is 1.59. The molecule has 2 aromatic carbocycles. The zero-order valence-corrected chi connectivity index (χ0v) is 20.1. The summed E-state index contributed by atoms with van der Waals surface area (Å²) in [5.41, 5.74) is 0.696. The molecule has 1 fully saturated rings. The van der Waals surface area contributed by atoms with Crippen LogP contribution in [0.3, 0.4) is 0 Å². The first-order chi connectivity index (χ1) is 17.0. The average Bonchev–Trinajstić information content (AvgIpc) is 3.24. The third-order valence-corrected chi connectivity index (χ3v) is 7.04. The molecule has 200 valence electrons. The van der Waals surface area contributed by atoms with Gasteiger partial charge >= 0.3 is 18.4 Å². The Labute approximate surface area is 215 Å². The topological polar surface area (TPSA) is 67.6 Å². The number of benzene rings is 2. The van der Waals surface area contributed by atoms with Crippen molar-refractivity contribution in [1.82, 2.24) is 10.4 Å². The number of carbonyl (C=O) groups excluding carboxylic acids is 1. The Kier molecular flexibility index (Phi) is 6.83. The van der Waals surface area contributed by atoms with Gasteiger partial charge in [0.25, 0.3) is 0 Å². The SMILES string of the molecule is NC(=O)N1CC(F)(CCc2ccc(C3=CC(c4cc(Cl)c(Cl)c(C(F)(F)F)c4)(C(F)(F)F)ON3)cc2)C1. The molecule has 2 aromatic rings. The minimum Gasteiger partial charge on any atom is -0.351 e. The van der Waals surface area contributed by atoms with Crippen LogP contribution in [0, 0.1) is 0 Å². The summed E-state index contributed by atoms with van der Waals surface area (Å²) in [5.74, 6) is 0. The number of nitrogens with zero attached hydrogens (tertiary/aromatic N) is 1. The van der Waals surface area contributed by atoms with Crippen molar-refractivity contribution in [2.24, 2.45) is 5.73 Å². The van der Waals surface area contributed by atoms with E-state index in [0.29, 0.717) is 24.1 Å². The molecule has 0 saturated carbocycles. The number of alkyl halides is 7. The fourth-order valence-electron chi connectivity index (χ4n) is 4.17. The van der Waals surface area contributed by atoms with Crippen LogP contribution >= 0.6 is 23.2 Å². The van der Waals surface area contributed by atoms with Crippen LogP contribution in [-0.4, -0.2) is 35.9 Å². The van der Waals surface area contributed by atoms with Crippen LogP contribution in [-0.2, 0) is 23.0 Å². The average molecular weight is 572 g/mol. The predicted octanol–water partition coefficient (Wildman–Crippen LogP) is 6.38. The molecular formula is C23H18Cl2F7N3O2. The summed E-state index contributed by atoms with van der Waals surface area (Å²) < 4.78 is 97.3. The first kappa shape index (κ1) is 27.3. The Bertz CT molecular complexity index is 1240. The van der Waals surface area contributed by atoms with Gasteiger partial charge < -0.3 is 10.6 Å². The second-order valence-corrected chi connectivity index (χ2v) is 9.64. The van der Waals surface area contributed by atoms with E-state index in [9.17, 15) is 35.5 Å². The maximum Gasteiger partial charge on any atom is 0.428 e. The number of hydrogen-bond acceptors (Lipinski definition) is 3. The van der Waals surface area contributed by atoms with Crippen LogP contribution in [0.5, 0.6) is 0 Å². The van der Waals surface area contributed by atoms with E-state index in [0.717, 1.165) is 0 Å². The summed E-state index contributed by atoms with van der Waals surface area (Å²) in [7, 11) is 0. The van der Waals surface area contributed by atoms with E-state index < -0.39 is 50.8 Å². The molecule has 1 saturated heterocycles. The quantitative estimate of drug-likeness (QED) is 0.409. The molecule has 2 aliphatic rings. The highest BCUT2D eigenvalue weighted by Crippen LogP contribution is 2.50. The van der Waals surface area contributed by atoms with Gasteiger partial charge in [-0.25, -0.2) is 9.18 Å². The molecule has 0 spiro atoms. The molecule has 1 unspecified atom stereocenters. The van der Waals surface area contributed by atoms with Crippen molar-refractivity contribution in [3.8, 4) is 0 Å². The summed E-state index contributed by atoms with van der Waals surface area (Å²) in [6.07, 6.45) is -9.23. The minimum atomic E-state index is -5.18. The molecule has 0 aliphatic carbocycles. The lowest BCUT2D eigenvalue weighted by Gasteiger charge is -2.43. The van der Waals surface area contributed by atoms with Crippen molar-refractivity contribution >= 4 is 34.9 Å². The van der Waals surface area contributed by atoms with Gasteiger partial charge in [-0.05, 0) is 42.2 Å². The van der Waals surface area contributed by atoms with E-state index in [1.165, 1.54) is 17.0 Å². The number of nitrogens with one attached hydrogen (secondary N) is 1. The number of hydroxylamine groups is 1. The van der Waals surface area contributed by atoms with Crippen molar-refractivity contribution < 1.29 is 40.4 Å². The van der Waals surface area contributed by atoms with Crippen molar-refractivity contribution in [1.29, 1.82) is 0 Å². The van der Waals surface area contributed by atoms with Gasteiger partial charge in [0.2, 0.25) is 5.60 Å². The molecule has 1 atom stereocenters. The molecule has 5 nitrogen and oxygen atoms in total. The largest absolute Gasteiger partial charge is 0.428 e. The smallest absolute Gasteiger partial charge is 0.351 e. The third kappa shape index (κ3) is 5.19. The lowest BCUT2D eigenvalue weighted by Crippen LogP contribution is -2.62. The predicted molar refractivity (Wildman–Crippen MR) is 121 cm³/mol. The van der Waals surface area contributed by atoms with E-state index >= 15 is 0 Å². The number of hydrogen-bond donors (Lipinski definition) is 2. The normalized spacial score (nSPS) is 21.3. The first-order valence-corrected chi connectivity index (χ1v) is 11.4. The maximum atomic E-state index is 14.6. The van der Waals surface area contributed by atoms with Crippen molar-refractivity contribution in [2.75, 3.05) is 13.1 Å². The van der Waals surface area contributed by atoms with Crippen LogP contribution in [0.25, 0.3) is 5.70 Å². The summed E-state index contributed by atoms with van der Waals surface area (Å²) in [6.45, 7) is -0.224. The van der Waals surface area contributed by atoms with Crippen LogP contribution in [0.15, 0.2) is 42.5 Å². The van der Waals surface area contributed by atoms with Crippen molar-refractivity contribution in [3.63, 3.8) is 0 Å². The molecule has 2 heterocycles. The molecule has 4 rings (SSSR count). The molecule has 3 N–H and O–H groups in total. The Morgan fingerprint density at radius 1 is 1.08 bits per heavy atom. The summed E-state index contributed by atoms with van der Waals surface area (Å²) >= 11 is 11.3. The number of amides is 2. The molecule has 0 aromatic heterocycles. The van der Waals surface area contributed by atoms with Gasteiger partial charge in [-0.3, -0.25) is 10.3 Å². The number of urea groups is 1. The third-order valence-electron chi connectivity index (χ3n) is 6.24. The lowest BCUT2D eigenvalue weighted by atomic mass is 9.89. The number of aryl methyl sites for hydroxylation is 1. The standard InChI is InChI=1S/C23H18Cl2F7N3O2/c24-16-8-14(7-15(18(16)25)22(27,28)29)21(23(30,31)32)9-17(34-37-21)13-3-1-12(2-4-13)5-6-20(26)10-35(11-20)19(33)36/h1-4,7-9,34H,5-6,10-11H2,(H2,33,36). The second kappa shape index (κ2) is 9.25. The molecule has 2 aliphatic heterocycles. The molecule has 0 bridgehead atoms. The number of rotatable bonds is 5. The van der Waals surface area contributed by atoms with Crippen LogP contribution in [0.2, 0.25) is 10.0 Å². The van der Waals surface area contributed by atoms with Gasteiger partial charge in [0.1, 0.15) is 5.67 Å². The van der Waals surface area contributed by atoms with Crippen molar-refractivity contribution in [3.05, 3.63) is 74.8 Å². The molecular weight excluding hydrogens is 554 g/mol. The van der Waals surface area contributed by atoms with E-state index in [-0.39, 0.29) is 36.8 Å². The second-order valence-electron chi connectivity index (χ2n) is 8.86. The molecule has 0 radical (unpaired) electrons. The highest BCUT2D eigenvalue weighted by molar-refractivity contribution is 6.42. The number of nitrogens with two attached hydrogens (primary N) is 1. The monoisotopic (exact) mass is 571 g/mol. The maximum absolute atomic E-state index is 14.6. The van der Waals surface area contributed by atoms with Gasteiger partial charge in [-0.1, -0.05) is 47.5 Å². The molecule has 37 heavy (non-hydrogen) atoms. The fourth-order valence-corrected chi connectivity index (χ4v) is 4.60. The number of halogens is 9. The number of primary amides is 1. The van der Waals surface area contributed by atoms with E-state index in [1.54, 1.807) is 12.1 Å². The molecule has 2 amide bonds. The van der Waals surface area contributed by atoms with E-state index in [2.05, 4.69) is 5.48 Å². The first-order valence-electron chi connectivity index (χ1n) is 10.7. The van der Waals surface area contributed by atoms with Gasteiger partial charge in [-0.2, -0.15) is 26.3 Å². The fraction of sp³-hybridized carbons (Fsp3) is 0.348. The number of carbonyl (C=O) groups is 1. The van der Waals surface area contributed by atoms with Crippen molar-refractivity contribution in [2.45, 2.75) is 36.5 Å². The highest BCUT2D eigenvalue weighted by Gasteiger charge is 2.60. The van der Waals surface area contributed by atoms with Crippen LogP contribution in [0.1, 0.15) is 28.7 Å². The van der Waals surface area contributed by atoms with E-state index in [1.807, 2.05) is 0 Å². The zero-order chi connectivity index (χ0) is 27.4. The number of likely N-dealkylation sites (tertiary alicyclic amines) is 1. The minimum absolute atomic E-state index is 0.107. The Morgan fingerprint density at radius 3 is 2.24 bits per heavy atom. The summed E-state index contributed by atoms with van der Waals surface area (Å²) in [5, 5.41) is -1.65. The van der Waals surface area contributed by atoms with Gasteiger partial charge in [-0.15, -0.1) is 0 Å². The zero-order valence-electron chi connectivity index (χ0n) is 18.6. The Hall–Kier alpha value is -2.70. The Morgan fingerprint density at radius 2 is 1.70 bits per heavy atom. The van der Waals surface area contributed by atoms with Gasteiger partial charge in [0, 0.05) is 5.56 Å². The summed E-state index contributed by atoms with van der Waals surface area (Å²) in [4.78, 5) is 17.1. The molecule has 14 heteroatoms. The lowest BCUT2D eigenvalue weighted by molar-refractivity contribution is -0.269. The van der Waals surface area contributed by atoms with Gasteiger partial charge in [0.15, 0.2) is 0 Å². The van der Waals surface area contributed by atoms with Crippen LogP contribution in [0.4, 0.5) is 35.5 Å². The summed E-state index contributed by atoms with van der Waals surface area (Å²) in [6, 6.07) is 6.27. The van der Waals surface area contributed by atoms with Crippen LogP contribution < -0.4 is 11.2 Å². The highest BCUT2D eigenvalue weighted by atomic mass is 35.5. The van der Waals surface area contributed by atoms with Gasteiger partial charge in [0.05, 0.1) is 34.4 Å².